The van der Waals surface area contributed by atoms with Crippen molar-refractivity contribution in [1.82, 2.24) is 5.32 Å². The van der Waals surface area contributed by atoms with Gasteiger partial charge in [0, 0.05) is 24.0 Å². The van der Waals surface area contributed by atoms with Crippen LogP contribution in [0.2, 0.25) is 0 Å². The van der Waals surface area contributed by atoms with E-state index in [0.717, 1.165) is 6.07 Å². The summed E-state index contributed by atoms with van der Waals surface area (Å²) in [6, 6.07) is 9.22. The summed E-state index contributed by atoms with van der Waals surface area (Å²) in [4.78, 5) is 23.0. The molecule has 0 saturated heterocycles. The number of carbonyl (C=O) groups is 2. The van der Waals surface area contributed by atoms with Gasteiger partial charge in [0.25, 0.3) is 0 Å². The Hall–Kier alpha value is -3.16. The highest BCUT2D eigenvalue weighted by Gasteiger charge is 2.05. The fraction of sp³-hybridized carbons (Fsp3) is 0.176. The summed E-state index contributed by atoms with van der Waals surface area (Å²) in [5.41, 5.74) is 1.37. The molecule has 2 aromatic carbocycles. The summed E-state index contributed by atoms with van der Waals surface area (Å²) in [6.45, 7) is 0.203. The molecule has 2 aromatic rings. The Morgan fingerprint density at radius 1 is 1.00 bits per heavy atom. The zero-order valence-corrected chi connectivity index (χ0v) is 13.4. The largest absolute Gasteiger partial charge is 0.453 e. The predicted molar refractivity (Wildman–Crippen MR) is 89.6 cm³/mol. The molecule has 0 saturated carbocycles. The summed E-state index contributed by atoms with van der Waals surface area (Å²) in [5, 5.41) is 7.65. The number of nitrogens with one attached hydrogen (secondary N) is 3. The van der Waals surface area contributed by atoms with Gasteiger partial charge in [-0.1, -0.05) is 6.07 Å². The standard InChI is InChI=1S/C17H17F2N3O3/c1-25-17(24)22-15-4-2-3-14(10-15)21-16(23)20-6-5-11-7-12(18)9-13(19)8-11/h2-4,7-10H,5-6H2,1H3,(H,22,24)(H2,20,21,23). The third kappa shape index (κ3) is 6.09. The number of benzene rings is 2. The Morgan fingerprint density at radius 3 is 2.28 bits per heavy atom. The molecule has 0 aliphatic carbocycles. The summed E-state index contributed by atoms with van der Waals surface area (Å²) >= 11 is 0. The lowest BCUT2D eigenvalue weighted by atomic mass is 10.1. The fourth-order valence-electron chi connectivity index (χ4n) is 2.09. The van der Waals surface area contributed by atoms with Crippen LogP contribution in [0.1, 0.15) is 5.56 Å². The smallest absolute Gasteiger partial charge is 0.411 e. The van der Waals surface area contributed by atoms with E-state index in [0.29, 0.717) is 16.9 Å². The first-order valence-corrected chi connectivity index (χ1v) is 7.41. The SMILES string of the molecule is COC(=O)Nc1cccc(NC(=O)NCCc2cc(F)cc(F)c2)c1. The van der Waals surface area contributed by atoms with Crippen LogP contribution in [0.15, 0.2) is 42.5 Å². The molecule has 0 aliphatic rings. The third-order valence-corrected chi connectivity index (χ3v) is 3.17. The number of amides is 3. The minimum absolute atomic E-state index is 0.203. The molecule has 0 unspecified atom stereocenters. The van der Waals surface area contributed by atoms with Crippen molar-refractivity contribution in [2.75, 3.05) is 24.3 Å². The van der Waals surface area contributed by atoms with Crippen molar-refractivity contribution in [3.63, 3.8) is 0 Å². The quantitative estimate of drug-likeness (QED) is 0.773. The van der Waals surface area contributed by atoms with Crippen LogP contribution in [0.3, 0.4) is 0 Å². The Balaban J connectivity index is 1.83. The van der Waals surface area contributed by atoms with E-state index in [1.54, 1.807) is 24.3 Å². The first-order valence-electron chi connectivity index (χ1n) is 7.41. The maximum atomic E-state index is 13.1. The molecule has 0 heterocycles. The minimum atomic E-state index is -0.658. The second kappa shape index (κ2) is 8.62. The second-order valence-corrected chi connectivity index (χ2v) is 5.11. The molecule has 0 aliphatic heterocycles. The van der Waals surface area contributed by atoms with Gasteiger partial charge >= 0.3 is 12.1 Å². The van der Waals surface area contributed by atoms with Crippen molar-refractivity contribution < 1.29 is 23.1 Å². The highest BCUT2D eigenvalue weighted by molar-refractivity contribution is 5.91. The lowest BCUT2D eigenvalue weighted by Crippen LogP contribution is -2.30. The molecule has 0 atom stereocenters. The minimum Gasteiger partial charge on any atom is -0.453 e. The monoisotopic (exact) mass is 349 g/mol. The molecule has 0 bridgehead atoms. The topological polar surface area (TPSA) is 79.5 Å². The number of hydrogen-bond acceptors (Lipinski definition) is 3. The van der Waals surface area contributed by atoms with E-state index in [2.05, 4.69) is 20.7 Å². The van der Waals surface area contributed by atoms with Crippen molar-refractivity contribution in [1.29, 1.82) is 0 Å². The molecule has 25 heavy (non-hydrogen) atoms. The van der Waals surface area contributed by atoms with Gasteiger partial charge in [-0.05, 0) is 42.3 Å². The summed E-state index contributed by atoms with van der Waals surface area (Å²) < 4.78 is 30.6. The van der Waals surface area contributed by atoms with Crippen LogP contribution in [0, 0.1) is 11.6 Å². The van der Waals surface area contributed by atoms with Gasteiger partial charge in [-0.2, -0.15) is 0 Å². The van der Waals surface area contributed by atoms with E-state index < -0.39 is 23.8 Å². The van der Waals surface area contributed by atoms with Crippen molar-refractivity contribution in [2.45, 2.75) is 6.42 Å². The van der Waals surface area contributed by atoms with Crippen molar-refractivity contribution in [3.8, 4) is 0 Å². The van der Waals surface area contributed by atoms with E-state index in [1.807, 2.05) is 0 Å². The third-order valence-electron chi connectivity index (χ3n) is 3.17. The van der Waals surface area contributed by atoms with Crippen molar-refractivity contribution in [3.05, 3.63) is 59.7 Å². The van der Waals surface area contributed by atoms with Crippen LogP contribution in [-0.2, 0) is 11.2 Å². The zero-order valence-electron chi connectivity index (χ0n) is 13.4. The molecular formula is C17H17F2N3O3. The van der Waals surface area contributed by atoms with Crippen molar-refractivity contribution in [2.24, 2.45) is 0 Å². The molecule has 8 heteroatoms. The Labute approximate surface area is 143 Å². The summed E-state index contributed by atoms with van der Waals surface area (Å²) in [6.07, 6.45) is -0.338. The molecule has 6 nitrogen and oxygen atoms in total. The highest BCUT2D eigenvalue weighted by Crippen LogP contribution is 2.15. The second-order valence-electron chi connectivity index (χ2n) is 5.11. The molecule has 3 N–H and O–H groups in total. The van der Waals surface area contributed by atoms with Crippen LogP contribution in [-0.4, -0.2) is 25.8 Å². The number of ether oxygens (including phenoxy) is 1. The molecule has 0 fully saturated rings. The molecule has 2 rings (SSSR count). The maximum Gasteiger partial charge on any atom is 0.411 e. The van der Waals surface area contributed by atoms with Crippen LogP contribution >= 0.6 is 0 Å². The first kappa shape index (κ1) is 18.2. The number of anilines is 2. The van der Waals surface area contributed by atoms with Gasteiger partial charge < -0.3 is 15.4 Å². The van der Waals surface area contributed by atoms with Gasteiger partial charge in [-0.25, -0.2) is 18.4 Å². The number of urea groups is 1. The number of rotatable bonds is 5. The Morgan fingerprint density at radius 2 is 1.64 bits per heavy atom. The highest BCUT2D eigenvalue weighted by atomic mass is 19.1. The zero-order chi connectivity index (χ0) is 18.2. The van der Waals surface area contributed by atoms with Crippen LogP contribution in [0.25, 0.3) is 0 Å². The van der Waals surface area contributed by atoms with Gasteiger partial charge in [-0.15, -0.1) is 0 Å². The summed E-state index contributed by atoms with van der Waals surface area (Å²) in [5.74, 6) is -1.32. The summed E-state index contributed by atoms with van der Waals surface area (Å²) in [7, 11) is 1.25. The van der Waals surface area contributed by atoms with Crippen molar-refractivity contribution >= 4 is 23.5 Å². The van der Waals surface area contributed by atoms with E-state index in [9.17, 15) is 18.4 Å². The van der Waals surface area contributed by atoms with Gasteiger partial charge in [0.05, 0.1) is 7.11 Å². The molecule has 3 amide bonds. The van der Waals surface area contributed by atoms with Crippen LogP contribution in [0.5, 0.6) is 0 Å². The molecule has 0 aromatic heterocycles. The molecule has 132 valence electrons. The Kier molecular flexibility index (Phi) is 6.27. The van der Waals surface area contributed by atoms with E-state index in [1.165, 1.54) is 19.2 Å². The number of hydrogen-bond donors (Lipinski definition) is 3. The predicted octanol–water partition coefficient (Wildman–Crippen LogP) is 3.51. The van der Waals surface area contributed by atoms with E-state index in [-0.39, 0.29) is 13.0 Å². The van der Waals surface area contributed by atoms with E-state index in [4.69, 9.17) is 0 Å². The lowest BCUT2D eigenvalue weighted by Gasteiger charge is -2.09. The maximum absolute atomic E-state index is 13.1. The Bertz CT molecular complexity index is 748. The van der Waals surface area contributed by atoms with E-state index >= 15 is 0 Å². The molecular weight excluding hydrogens is 332 g/mol. The first-order chi connectivity index (χ1) is 12.0. The van der Waals surface area contributed by atoms with Crippen LogP contribution in [0.4, 0.5) is 29.7 Å². The van der Waals surface area contributed by atoms with Gasteiger partial charge in [-0.3, -0.25) is 5.32 Å². The number of methoxy groups -OCH3 is 1. The number of carbonyl (C=O) groups excluding carboxylic acids is 2. The number of halogens is 2. The normalized spacial score (nSPS) is 10.0. The average molecular weight is 349 g/mol. The van der Waals surface area contributed by atoms with Gasteiger partial charge in [0.1, 0.15) is 11.6 Å². The molecule has 0 radical (unpaired) electrons. The average Bonchev–Trinajstić information content (AvgIpc) is 2.54. The van der Waals surface area contributed by atoms with Crippen LogP contribution < -0.4 is 16.0 Å². The van der Waals surface area contributed by atoms with Gasteiger partial charge in [0.2, 0.25) is 0 Å². The van der Waals surface area contributed by atoms with Gasteiger partial charge in [0.15, 0.2) is 0 Å². The lowest BCUT2D eigenvalue weighted by molar-refractivity contribution is 0.187. The molecule has 0 spiro atoms. The fourth-order valence-corrected chi connectivity index (χ4v) is 2.09.